The fraction of sp³-hybridized carbons (Fsp3) is 0.462. The van der Waals surface area contributed by atoms with Crippen LogP contribution in [0.3, 0.4) is 0 Å². The number of nitrogens with two attached hydrogens (primary N) is 1. The first-order valence-electron chi connectivity index (χ1n) is 6.17. The summed E-state index contributed by atoms with van der Waals surface area (Å²) < 4.78 is 2.15. The number of aromatic nitrogens is 1. The predicted molar refractivity (Wildman–Crippen MR) is 94.3 cm³/mol. The molecule has 0 aliphatic carbocycles. The van der Waals surface area contributed by atoms with E-state index in [0.29, 0.717) is 0 Å². The number of nitrogens with zero attached hydrogens (tertiary/aromatic N) is 1. The van der Waals surface area contributed by atoms with Crippen molar-refractivity contribution >= 4 is 54.5 Å². The monoisotopic (exact) mass is 437 g/mol. The first-order chi connectivity index (χ1) is 9.31. The highest BCUT2D eigenvalue weighted by Gasteiger charge is 2.20. The second-order valence-corrected chi connectivity index (χ2v) is 9.77. The third-order valence-corrected chi connectivity index (χ3v) is 7.15. The van der Waals surface area contributed by atoms with Gasteiger partial charge in [0.15, 0.2) is 0 Å². The summed E-state index contributed by atoms with van der Waals surface area (Å²) in [7, 11) is 0. The molecule has 0 saturated carbocycles. The lowest BCUT2D eigenvalue weighted by molar-refractivity contribution is 0.547. The Morgan fingerprint density at radius 2 is 2.10 bits per heavy atom. The Labute approximate surface area is 144 Å². The maximum absolute atomic E-state index is 5.71. The van der Waals surface area contributed by atoms with Crippen molar-refractivity contribution in [2.75, 3.05) is 0 Å². The van der Waals surface area contributed by atoms with Crippen LogP contribution in [-0.4, -0.2) is 4.98 Å². The van der Waals surface area contributed by atoms with Crippen LogP contribution in [0.1, 0.15) is 42.4 Å². The molecular formula is C13H17Br2N3S2. The van der Waals surface area contributed by atoms with E-state index in [1.54, 1.807) is 22.7 Å². The molecule has 7 heteroatoms. The van der Waals surface area contributed by atoms with E-state index in [1.807, 2.05) is 0 Å². The topological polar surface area (TPSA) is 50.9 Å². The van der Waals surface area contributed by atoms with E-state index in [0.717, 1.165) is 25.4 Å². The molecule has 0 fully saturated rings. The molecule has 1 unspecified atom stereocenters. The Kier molecular flexibility index (Phi) is 5.42. The highest BCUT2D eigenvalue weighted by atomic mass is 79.9. The molecule has 0 aromatic carbocycles. The minimum atomic E-state index is 0.0848. The number of halogens is 2. The molecule has 2 aromatic heterocycles. The van der Waals surface area contributed by atoms with Crippen LogP contribution in [0.5, 0.6) is 0 Å². The molecule has 2 aromatic rings. The molecule has 2 rings (SSSR count). The van der Waals surface area contributed by atoms with Crippen LogP contribution in [-0.2, 0) is 11.8 Å². The molecule has 0 spiro atoms. The second-order valence-electron chi connectivity index (χ2n) is 5.57. The standard InChI is InChI=1S/C13H17Br2N3S2/c1-13(2,3)10-6-19-11(17-10)5-8(18-16)9-4-7(14)12(15)20-9/h4,6,8,18H,5,16H2,1-3H3. The molecule has 110 valence electrons. The minimum Gasteiger partial charge on any atom is -0.271 e. The predicted octanol–water partition coefficient (Wildman–Crippen LogP) is 4.77. The number of thiazole rings is 1. The SMILES string of the molecule is CC(C)(C)c1csc(CC(NN)c2cc(Br)c(Br)s2)n1. The average Bonchev–Trinajstić information content (AvgIpc) is 2.94. The van der Waals surface area contributed by atoms with E-state index in [2.05, 4.69) is 69.5 Å². The van der Waals surface area contributed by atoms with Crippen LogP contribution < -0.4 is 11.3 Å². The zero-order valence-electron chi connectivity index (χ0n) is 11.5. The maximum atomic E-state index is 5.71. The molecular weight excluding hydrogens is 422 g/mol. The van der Waals surface area contributed by atoms with Crippen LogP contribution in [0.4, 0.5) is 0 Å². The zero-order valence-corrected chi connectivity index (χ0v) is 16.3. The van der Waals surface area contributed by atoms with Gasteiger partial charge in [0.2, 0.25) is 0 Å². The summed E-state index contributed by atoms with van der Waals surface area (Å²) in [6.45, 7) is 6.54. The van der Waals surface area contributed by atoms with Crippen LogP contribution in [0.25, 0.3) is 0 Å². The Balaban J connectivity index is 2.16. The Hall–Kier alpha value is 0.210. The van der Waals surface area contributed by atoms with Crippen molar-refractivity contribution in [3.63, 3.8) is 0 Å². The lowest BCUT2D eigenvalue weighted by atomic mass is 9.93. The van der Waals surface area contributed by atoms with E-state index in [9.17, 15) is 0 Å². The molecule has 1 atom stereocenters. The van der Waals surface area contributed by atoms with Gasteiger partial charge in [-0.15, -0.1) is 22.7 Å². The molecule has 0 amide bonds. The average molecular weight is 439 g/mol. The van der Waals surface area contributed by atoms with Crippen LogP contribution in [0.2, 0.25) is 0 Å². The first kappa shape index (κ1) is 16.6. The normalized spacial score (nSPS) is 13.7. The zero-order chi connectivity index (χ0) is 14.9. The Morgan fingerprint density at radius 3 is 2.55 bits per heavy atom. The van der Waals surface area contributed by atoms with Gasteiger partial charge in [0.05, 0.1) is 20.5 Å². The minimum absolute atomic E-state index is 0.0848. The molecule has 0 radical (unpaired) electrons. The van der Waals surface area contributed by atoms with Gasteiger partial charge in [-0.25, -0.2) is 4.98 Å². The number of hydrogen-bond acceptors (Lipinski definition) is 5. The van der Waals surface area contributed by atoms with Gasteiger partial charge in [-0.2, -0.15) is 0 Å². The third kappa shape index (κ3) is 3.90. The molecule has 0 aliphatic heterocycles. The van der Waals surface area contributed by atoms with Gasteiger partial charge in [0, 0.05) is 26.6 Å². The summed E-state index contributed by atoms with van der Waals surface area (Å²) >= 11 is 10.4. The van der Waals surface area contributed by atoms with Gasteiger partial charge in [-0.3, -0.25) is 11.3 Å². The molecule has 2 heterocycles. The van der Waals surface area contributed by atoms with Gasteiger partial charge in [0.1, 0.15) is 0 Å². The molecule has 0 bridgehead atoms. The largest absolute Gasteiger partial charge is 0.271 e. The van der Waals surface area contributed by atoms with E-state index < -0.39 is 0 Å². The lowest BCUT2D eigenvalue weighted by Crippen LogP contribution is -2.29. The summed E-state index contributed by atoms with van der Waals surface area (Å²) in [4.78, 5) is 5.92. The fourth-order valence-corrected chi connectivity index (χ4v) is 4.92. The van der Waals surface area contributed by atoms with Gasteiger partial charge in [0.25, 0.3) is 0 Å². The fourth-order valence-electron chi connectivity index (χ4n) is 1.70. The highest BCUT2D eigenvalue weighted by molar-refractivity contribution is 9.13. The molecule has 3 nitrogen and oxygen atoms in total. The van der Waals surface area contributed by atoms with Crippen molar-refractivity contribution in [1.82, 2.24) is 10.4 Å². The van der Waals surface area contributed by atoms with Gasteiger partial charge in [-0.1, -0.05) is 20.8 Å². The molecule has 0 saturated heterocycles. The van der Waals surface area contributed by atoms with Crippen molar-refractivity contribution < 1.29 is 0 Å². The van der Waals surface area contributed by atoms with E-state index in [1.165, 1.54) is 4.88 Å². The smallest absolute Gasteiger partial charge is 0.0948 e. The summed E-state index contributed by atoms with van der Waals surface area (Å²) in [5.74, 6) is 5.71. The van der Waals surface area contributed by atoms with Gasteiger partial charge < -0.3 is 0 Å². The highest BCUT2D eigenvalue weighted by Crippen LogP contribution is 2.36. The molecule has 3 N–H and O–H groups in total. The first-order valence-corrected chi connectivity index (χ1v) is 9.45. The Morgan fingerprint density at radius 1 is 1.40 bits per heavy atom. The van der Waals surface area contributed by atoms with Crippen molar-refractivity contribution in [1.29, 1.82) is 0 Å². The van der Waals surface area contributed by atoms with Crippen LogP contribution in [0, 0.1) is 0 Å². The van der Waals surface area contributed by atoms with Gasteiger partial charge in [-0.05, 0) is 37.9 Å². The lowest BCUT2D eigenvalue weighted by Gasteiger charge is -2.15. The van der Waals surface area contributed by atoms with Gasteiger partial charge >= 0.3 is 0 Å². The molecule has 0 aliphatic rings. The van der Waals surface area contributed by atoms with Crippen LogP contribution >= 0.6 is 54.5 Å². The Bertz CT molecular complexity index is 567. The number of thiophene rings is 1. The summed E-state index contributed by atoms with van der Waals surface area (Å²) in [6.07, 6.45) is 0.802. The second kappa shape index (κ2) is 6.54. The summed E-state index contributed by atoms with van der Waals surface area (Å²) in [5.41, 5.74) is 4.12. The van der Waals surface area contributed by atoms with E-state index in [-0.39, 0.29) is 11.5 Å². The third-order valence-electron chi connectivity index (χ3n) is 2.91. The van der Waals surface area contributed by atoms with E-state index >= 15 is 0 Å². The number of hydrazine groups is 1. The summed E-state index contributed by atoms with van der Waals surface area (Å²) in [6, 6.07) is 2.18. The van der Waals surface area contributed by atoms with Crippen LogP contribution in [0.15, 0.2) is 19.7 Å². The quantitative estimate of drug-likeness (QED) is 0.533. The number of rotatable bonds is 4. The summed E-state index contributed by atoms with van der Waals surface area (Å²) in [5, 5.41) is 3.25. The van der Waals surface area contributed by atoms with Crippen molar-refractivity contribution in [3.05, 3.63) is 35.3 Å². The van der Waals surface area contributed by atoms with Crippen molar-refractivity contribution in [3.8, 4) is 0 Å². The van der Waals surface area contributed by atoms with Crippen molar-refractivity contribution in [2.45, 2.75) is 38.6 Å². The van der Waals surface area contributed by atoms with Crippen molar-refractivity contribution in [2.24, 2.45) is 5.84 Å². The maximum Gasteiger partial charge on any atom is 0.0948 e. The molecule has 20 heavy (non-hydrogen) atoms. The number of hydrogen-bond donors (Lipinski definition) is 2. The van der Waals surface area contributed by atoms with E-state index in [4.69, 9.17) is 10.8 Å². The number of nitrogens with one attached hydrogen (secondary N) is 1.